The lowest BCUT2D eigenvalue weighted by atomic mass is 9.95. The van der Waals surface area contributed by atoms with Gasteiger partial charge >= 0.3 is 0 Å². The van der Waals surface area contributed by atoms with Crippen molar-refractivity contribution in [3.63, 3.8) is 0 Å². The molecule has 0 unspecified atom stereocenters. The molecule has 0 radical (unpaired) electrons. The predicted molar refractivity (Wildman–Crippen MR) is 62.1 cm³/mol. The van der Waals surface area contributed by atoms with Gasteiger partial charge in [0, 0.05) is 23.7 Å². The van der Waals surface area contributed by atoms with Crippen LogP contribution in [0.1, 0.15) is 39.2 Å². The number of halogens is 3. The molecule has 0 aliphatic heterocycles. The van der Waals surface area contributed by atoms with Crippen molar-refractivity contribution in [1.29, 1.82) is 0 Å². The van der Waals surface area contributed by atoms with Gasteiger partial charge in [-0.2, -0.15) is 0 Å². The maximum atomic E-state index is 13.4. The molecule has 0 heterocycles. The number of hydrogen-bond donors (Lipinski definition) is 1. The van der Waals surface area contributed by atoms with Crippen molar-refractivity contribution in [2.75, 3.05) is 0 Å². The van der Waals surface area contributed by atoms with Crippen LogP contribution in [-0.4, -0.2) is 5.54 Å². The molecule has 1 nitrogen and oxygen atoms in total. The van der Waals surface area contributed by atoms with Gasteiger partial charge in [-0.25, -0.2) is 13.2 Å². The van der Waals surface area contributed by atoms with E-state index in [-0.39, 0.29) is 17.6 Å². The number of benzene rings is 1. The molecule has 4 heteroatoms. The summed E-state index contributed by atoms with van der Waals surface area (Å²) in [4.78, 5) is 0. The number of nitrogens with one attached hydrogen (secondary N) is 1. The topological polar surface area (TPSA) is 12.0 Å². The van der Waals surface area contributed by atoms with E-state index in [4.69, 9.17) is 0 Å². The summed E-state index contributed by atoms with van der Waals surface area (Å²) in [6.45, 7) is 6.27. The molecular weight excluding hydrogens is 227 g/mol. The third-order valence-corrected chi connectivity index (χ3v) is 3.36. The molecule has 0 spiro atoms. The van der Waals surface area contributed by atoms with Crippen molar-refractivity contribution >= 4 is 0 Å². The van der Waals surface area contributed by atoms with E-state index in [1.54, 1.807) is 0 Å². The fourth-order valence-electron chi connectivity index (χ4n) is 1.51. The van der Waals surface area contributed by atoms with Gasteiger partial charge in [-0.1, -0.05) is 13.8 Å². The van der Waals surface area contributed by atoms with Gasteiger partial charge in [0.15, 0.2) is 11.6 Å². The van der Waals surface area contributed by atoms with Gasteiger partial charge < -0.3 is 5.32 Å². The molecule has 0 fully saturated rings. The Morgan fingerprint density at radius 3 is 2.06 bits per heavy atom. The highest BCUT2D eigenvalue weighted by atomic mass is 19.2. The van der Waals surface area contributed by atoms with Crippen LogP contribution in [0.2, 0.25) is 0 Å². The summed E-state index contributed by atoms with van der Waals surface area (Å²) in [5, 5.41) is 3.17. The van der Waals surface area contributed by atoms with Gasteiger partial charge in [0.25, 0.3) is 0 Å². The van der Waals surface area contributed by atoms with Gasteiger partial charge in [-0.3, -0.25) is 0 Å². The SMILES string of the molecule is CCC(C)(CC)NCc1cc(F)c(F)cc1F. The Bertz CT molecular complexity index is 386. The van der Waals surface area contributed by atoms with Gasteiger partial charge in [-0.05, 0) is 25.8 Å². The summed E-state index contributed by atoms with van der Waals surface area (Å²) in [5.41, 5.74) is 0.0362. The normalized spacial score (nSPS) is 11.9. The van der Waals surface area contributed by atoms with E-state index < -0.39 is 17.5 Å². The lowest BCUT2D eigenvalue weighted by molar-refractivity contribution is 0.326. The van der Waals surface area contributed by atoms with Crippen molar-refractivity contribution in [2.45, 2.75) is 45.7 Å². The summed E-state index contributed by atoms with van der Waals surface area (Å²) in [6, 6.07) is 1.49. The summed E-state index contributed by atoms with van der Waals surface area (Å²) in [6.07, 6.45) is 1.77. The molecule has 0 aromatic heterocycles. The predicted octanol–water partition coefficient (Wildman–Crippen LogP) is 3.77. The molecule has 96 valence electrons. The average Bonchev–Trinajstić information content (AvgIpc) is 2.32. The van der Waals surface area contributed by atoms with Crippen LogP contribution in [-0.2, 0) is 6.54 Å². The van der Waals surface area contributed by atoms with E-state index in [1.165, 1.54) is 0 Å². The zero-order chi connectivity index (χ0) is 13.1. The van der Waals surface area contributed by atoms with Crippen LogP contribution in [0, 0.1) is 17.5 Å². The Morgan fingerprint density at radius 2 is 1.53 bits per heavy atom. The maximum absolute atomic E-state index is 13.4. The van der Waals surface area contributed by atoms with Crippen LogP contribution in [0.15, 0.2) is 12.1 Å². The minimum absolute atomic E-state index is 0.114. The molecule has 0 bridgehead atoms. The monoisotopic (exact) mass is 245 g/mol. The minimum Gasteiger partial charge on any atom is -0.307 e. The van der Waals surface area contributed by atoms with E-state index in [2.05, 4.69) is 5.32 Å². The Kier molecular flexibility index (Phi) is 4.57. The summed E-state index contributed by atoms with van der Waals surface area (Å²) in [5.74, 6) is -2.89. The molecule has 1 rings (SSSR count). The second-order valence-electron chi connectivity index (χ2n) is 4.48. The molecule has 17 heavy (non-hydrogen) atoms. The van der Waals surface area contributed by atoms with Gasteiger partial charge in [0.2, 0.25) is 0 Å². The van der Waals surface area contributed by atoms with Crippen molar-refractivity contribution in [1.82, 2.24) is 5.32 Å². The van der Waals surface area contributed by atoms with Crippen LogP contribution >= 0.6 is 0 Å². The van der Waals surface area contributed by atoms with Crippen LogP contribution < -0.4 is 5.32 Å². The Balaban J connectivity index is 2.79. The lowest BCUT2D eigenvalue weighted by Crippen LogP contribution is -2.40. The van der Waals surface area contributed by atoms with Crippen molar-refractivity contribution < 1.29 is 13.2 Å². The first-order valence-corrected chi connectivity index (χ1v) is 5.80. The zero-order valence-corrected chi connectivity index (χ0v) is 10.4. The van der Waals surface area contributed by atoms with Crippen LogP contribution in [0.5, 0.6) is 0 Å². The number of rotatable bonds is 5. The highest BCUT2D eigenvalue weighted by molar-refractivity contribution is 5.20. The first-order chi connectivity index (χ1) is 7.91. The Morgan fingerprint density at radius 1 is 1.00 bits per heavy atom. The van der Waals surface area contributed by atoms with Gasteiger partial charge in [0.05, 0.1) is 0 Å². The number of hydrogen-bond acceptors (Lipinski definition) is 1. The molecule has 0 atom stereocenters. The van der Waals surface area contributed by atoms with E-state index >= 15 is 0 Å². The van der Waals surface area contributed by atoms with Gasteiger partial charge in [0.1, 0.15) is 5.82 Å². The standard InChI is InChI=1S/C13H18F3N/c1-4-13(3,5-2)17-8-9-6-11(15)12(16)7-10(9)14/h6-7,17H,4-5,8H2,1-3H3. The highest BCUT2D eigenvalue weighted by Crippen LogP contribution is 2.17. The van der Waals surface area contributed by atoms with Crippen LogP contribution in [0.3, 0.4) is 0 Å². The van der Waals surface area contributed by atoms with Crippen molar-refractivity contribution in [2.24, 2.45) is 0 Å². The Hall–Kier alpha value is -1.03. The first kappa shape index (κ1) is 14.0. The summed E-state index contributed by atoms with van der Waals surface area (Å²) < 4.78 is 39.1. The molecule has 1 aromatic rings. The summed E-state index contributed by atoms with van der Waals surface area (Å²) in [7, 11) is 0. The fourth-order valence-corrected chi connectivity index (χ4v) is 1.51. The van der Waals surface area contributed by atoms with Crippen molar-refractivity contribution in [3.8, 4) is 0 Å². The fraction of sp³-hybridized carbons (Fsp3) is 0.538. The highest BCUT2D eigenvalue weighted by Gasteiger charge is 2.19. The second-order valence-corrected chi connectivity index (χ2v) is 4.48. The molecular formula is C13H18F3N. The van der Waals surface area contributed by atoms with E-state index in [9.17, 15) is 13.2 Å². The van der Waals surface area contributed by atoms with E-state index in [0.717, 1.165) is 18.9 Å². The van der Waals surface area contributed by atoms with Gasteiger partial charge in [-0.15, -0.1) is 0 Å². The minimum atomic E-state index is -1.15. The zero-order valence-electron chi connectivity index (χ0n) is 10.4. The largest absolute Gasteiger partial charge is 0.307 e. The second kappa shape index (κ2) is 5.54. The third kappa shape index (κ3) is 3.46. The van der Waals surface area contributed by atoms with Crippen LogP contribution in [0.4, 0.5) is 13.2 Å². The molecule has 0 saturated heterocycles. The summed E-state index contributed by atoms with van der Waals surface area (Å²) >= 11 is 0. The molecule has 0 amide bonds. The molecule has 1 N–H and O–H groups in total. The first-order valence-electron chi connectivity index (χ1n) is 5.80. The van der Waals surface area contributed by atoms with Crippen LogP contribution in [0.25, 0.3) is 0 Å². The molecule has 1 aromatic carbocycles. The smallest absolute Gasteiger partial charge is 0.161 e. The lowest BCUT2D eigenvalue weighted by Gasteiger charge is -2.28. The van der Waals surface area contributed by atoms with E-state index in [1.807, 2.05) is 20.8 Å². The average molecular weight is 245 g/mol. The van der Waals surface area contributed by atoms with Crippen molar-refractivity contribution in [3.05, 3.63) is 35.1 Å². The van der Waals surface area contributed by atoms with E-state index in [0.29, 0.717) is 6.07 Å². The Labute approximate surface area is 100 Å². The molecule has 0 saturated carbocycles. The third-order valence-electron chi connectivity index (χ3n) is 3.36. The molecule has 0 aliphatic carbocycles. The maximum Gasteiger partial charge on any atom is 0.161 e. The molecule has 0 aliphatic rings. The quantitative estimate of drug-likeness (QED) is 0.778.